The number of halogens is 2. The lowest BCUT2D eigenvalue weighted by Crippen LogP contribution is -0.382. The van der Waals surface area contributed by atoms with E-state index in [1.807, 2.05) is 0 Å². The third-order valence-corrected chi connectivity index (χ3v) is 0. The summed E-state index contributed by atoms with van der Waals surface area (Å²) in [7, 11) is 0. The van der Waals surface area contributed by atoms with E-state index >= 15 is 0 Å². The summed E-state index contributed by atoms with van der Waals surface area (Å²) in [6, 6.07) is 0. The molecular weight excluding hydrogens is 92.0 g/mol. The van der Waals surface area contributed by atoms with Gasteiger partial charge in [-0.1, -0.05) is 0 Å². The van der Waals surface area contributed by atoms with Gasteiger partial charge in [0, 0.05) is 0 Å². The average Bonchev–Trinajstić information content (AvgIpc) is 0. The van der Waals surface area contributed by atoms with Gasteiger partial charge in [-0.3, -0.25) is 9.41 Å². The molecule has 0 saturated heterocycles. The molecule has 0 nitrogen and oxygen atoms in total. The first-order valence-electron chi connectivity index (χ1n) is 0. The summed E-state index contributed by atoms with van der Waals surface area (Å²) in [4.78, 5) is 0. The van der Waals surface area contributed by atoms with Gasteiger partial charge in [0.05, 0.1) is 0 Å². The lowest BCUT2D eigenvalue weighted by molar-refractivity contribution is 1.11. The maximum absolute atomic E-state index is 0. The Hall–Kier alpha value is 0.925. The lowest BCUT2D eigenvalue weighted by atomic mass is 19.0. The Labute approximate surface area is 44.6 Å². The fourth-order valence-corrected chi connectivity index (χ4v) is 0. The summed E-state index contributed by atoms with van der Waals surface area (Å²) in [6.45, 7) is 0. The first-order valence-corrected chi connectivity index (χ1v) is 0. The average molecular weight is 100 g/mol. The van der Waals surface area contributed by atoms with Crippen LogP contribution in [0.5, 0.6) is 0 Å². The maximum Gasteiger partial charge on any atom is 0.187 e. The monoisotopic (exact) mass is 100 g/mol. The molecule has 0 aromatic rings. The van der Waals surface area contributed by atoms with E-state index in [9.17, 15) is 0 Å². The Bertz CT molecular complexity index is 4.00. The van der Waals surface area contributed by atoms with Crippen LogP contribution < -0.4 is 0 Å². The van der Waals surface area contributed by atoms with Crippen LogP contribution in [0.4, 0.5) is 9.41 Å². The van der Waals surface area contributed by atoms with Crippen molar-refractivity contribution in [3.05, 3.63) is 0 Å². The summed E-state index contributed by atoms with van der Waals surface area (Å²) in [5.41, 5.74) is 0. The second-order valence-electron chi connectivity index (χ2n) is 0. The zero-order valence-electron chi connectivity index (χ0n) is 0.816. The second kappa shape index (κ2) is 39.3. The van der Waals surface area contributed by atoms with Crippen molar-refractivity contribution in [1.29, 1.82) is 0 Å². The van der Waals surface area contributed by atoms with E-state index in [1.165, 1.54) is 0 Å². The Morgan fingerprint density at radius 1 is 0.500 bits per heavy atom. The molecule has 0 aromatic heterocycles. The normalized spacial score (nSPS) is 0. The van der Waals surface area contributed by atoms with Crippen LogP contribution in [0.15, 0.2) is 0 Å². The summed E-state index contributed by atoms with van der Waals surface area (Å²) < 4.78 is 0. The molecule has 0 saturated carbocycles. The molecule has 0 atom stereocenters. The molecule has 0 fully saturated rings. The molecular formula is H8Al2F2. The zero-order valence-corrected chi connectivity index (χ0v) is 0.816. The molecule has 0 aliphatic rings. The standard InChI is InChI=1S/2Al.2FH.6H/h;;2*1H;;;;;;. The molecule has 0 spiro atoms. The SMILES string of the molecule is F.F.[AlH3].[AlH3]. The van der Waals surface area contributed by atoms with Crippen molar-refractivity contribution >= 4 is 34.7 Å². The molecule has 4 heavy (non-hydrogen) atoms. The zero-order chi connectivity index (χ0) is 0. The van der Waals surface area contributed by atoms with Crippen molar-refractivity contribution in [3.63, 3.8) is 0 Å². The fraction of sp³-hybridized carbons (Fsp3) is 0. The lowest BCUT2D eigenvalue weighted by Gasteiger charge is -0.270. The first-order chi connectivity index (χ1) is 0. The topological polar surface area (TPSA) is 0 Å². The summed E-state index contributed by atoms with van der Waals surface area (Å²) in [6.07, 6.45) is 0. The highest BCUT2D eigenvalue weighted by Gasteiger charge is 0.188. The quantitative estimate of drug-likeness (QED) is 0.307. The predicted molar refractivity (Wildman–Crippen MR) is 24.9 cm³/mol. The predicted octanol–water partition coefficient (Wildman–Crippen LogP) is -2.06. The molecule has 0 unspecified atom stereocenters. The number of hydrogen-bond acceptors (Lipinski definition) is 0. The molecule has 0 amide bonds. The van der Waals surface area contributed by atoms with Crippen LogP contribution in [0.2, 0.25) is 0 Å². The minimum atomic E-state index is 0. The van der Waals surface area contributed by atoms with E-state index in [4.69, 9.17) is 0 Å². The van der Waals surface area contributed by atoms with Gasteiger partial charge in [0.2, 0.25) is 0 Å². The number of rotatable bonds is 0. The van der Waals surface area contributed by atoms with Crippen LogP contribution in [-0.4, -0.2) is 34.7 Å². The Balaban J connectivity index is 0. The molecule has 0 bridgehead atoms. The van der Waals surface area contributed by atoms with Gasteiger partial charge in [0.25, 0.3) is 0 Å². The van der Waals surface area contributed by atoms with Crippen LogP contribution in [0.3, 0.4) is 0 Å². The molecule has 0 radical (unpaired) electrons. The minimum Gasteiger partial charge on any atom is -0.269 e. The van der Waals surface area contributed by atoms with E-state index in [-0.39, 0.29) is 44.1 Å². The van der Waals surface area contributed by atoms with Gasteiger partial charge in [-0.25, -0.2) is 0 Å². The molecule has 0 N–H and O–H groups in total. The third kappa shape index (κ3) is 12.7. The van der Waals surface area contributed by atoms with Gasteiger partial charge in [-0.05, 0) is 0 Å². The molecule has 4 heteroatoms. The van der Waals surface area contributed by atoms with Gasteiger partial charge in [0.15, 0.2) is 34.7 Å². The van der Waals surface area contributed by atoms with Crippen molar-refractivity contribution in [2.75, 3.05) is 0 Å². The van der Waals surface area contributed by atoms with Crippen molar-refractivity contribution in [2.45, 2.75) is 0 Å². The maximum atomic E-state index is 0. The summed E-state index contributed by atoms with van der Waals surface area (Å²) in [5.74, 6) is 0. The van der Waals surface area contributed by atoms with E-state index < -0.39 is 0 Å². The fourth-order valence-electron chi connectivity index (χ4n) is 0. The molecule has 0 aliphatic carbocycles. The van der Waals surface area contributed by atoms with Crippen molar-refractivity contribution in [3.8, 4) is 0 Å². The molecule has 0 rings (SSSR count). The Morgan fingerprint density at radius 2 is 0.500 bits per heavy atom. The molecule has 28 valence electrons. The molecule has 0 aromatic carbocycles. The molecule has 0 aliphatic heterocycles. The van der Waals surface area contributed by atoms with Gasteiger partial charge in [-0.2, -0.15) is 0 Å². The van der Waals surface area contributed by atoms with E-state index in [0.29, 0.717) is 0 Å². The van der Waals surface area contributed by atoms with Crippen LogP contribution in [0, 0.1) is 0 Å². The van der Waals surface area contributed by atoms with E-state index in [1.54, 1.807) is 0 Å². The smallest absolute Gasteiger partial charge is 0.187 e. The van der Waals surface area contributed by atoms with Crippen LogP contribution in [0.1, 0.15) is 0 Å². The van der Waals surface area contributed by atoms with E-state index in [2.05, 4.69) is 0 Å². The van der Waals surface area contributed by atoms with E-state index in [0.717, 1.165) is 0 Å². The van der Waals surface area contributed by atoms with Gasteiger partial charge < -0.3 is 0 Å². The highest BCUT2D eigenvalue weighted by Crippen LogP contribution is 0.421. The second-order valence-corrected chi connectivity index (χ2v) is 0. The summed E-state index contributed by atoms with van der Waals surface area (Å²) in [5, 5.41) is 0. The first kappa shape index (κ1) is 88.7. The van der Waals surface area contributed by atoms with Crippen molar-refractivity contribution < 1.29 is 9.41 Å². The van der Waals surface area contributed by atoms with Gasteiger partial charge in [0.1, 0.15) is 0 Å². The minimum absolute atomic E-state index is 0. The molecule has 0 heterocycles. The highest BCUT2D eigenvalue weighted by atomic mass is 27.0. The van der Waals surface area contributed by atoms with Crippen LogP contribution in [-0.2, 0) is 0 Å². The van der Waals surface area contributed by atoms with Gasteiger partial charge in [-0.15, -0.1) is 0 Å². The summed E-state index contributed by atoms with van der Waals surface area (Å²) >= 11 is 0. The van der Waals surface area contributed by atoms with Crippen molar-refractivity contribution in [1.82, 2.24) is 0 Å². The third-order valence-electron chi connectivity index (χ3n) is 0. The van der Waals surface area contributed by atoms with Crippen LogP contribution in [0.25, 0.3) is 0 Å². The Morgan fingerprint density at radius 3 is 0.500 bits per heavy atom. The van der Waals surface area contributed by atoms with Crippen LogP contribution >= 0.6 is 0 Å². The number of hydrogen-bond donors (Lipinski definition) is 0. The Kier molecular flexibility index (Phi) is 870. The highest BCUT2D eigenvalue weighted by molar-refractivity contribution is 5.76. The van der Waals surface area contributed by atoms with Gasteiger partial charge >= 0.3 is 0 Å². The van der Waals surface area contributed by atoms with Crippen molar-refractivity contribution in [2.24, 2.45) is 0 Å². The largest absolute Gasteiger partial charge is 0.269 e.